The number of nitrogens with two attached hydrogens (primary N) is 1. The number of fused-ring (bicyclic) bond motifs is 6. The number of nitrogens with zero attached hydrogens (tertiary/aromatic N) is 3. The van der Waals surface area contributed by atoms with Gasteiger partial charge in [-0.15, -0.1) is 0 Å². The van der Waals surface area contributed by atoms with Crippen molar-refractivity contribution < 1.29 is 14.4 Å². The molecule has 42 heavy (non-hydrogen) atoms. The summed E-state index contributed by atoms with van der Waals surface area (Å²) in [4.78, 5) is 34.1. The van der Waals surface area contributed by atoms with Crippen LogP contribution >= 0.6 is 0 Å². The minimum absolute atomic E-state index is 0.00802. The first kappa shape index (κ1) is 25.1. The number of anilines is 4. The van der Waals surface area contributed by atoms with E-state index in [1.807, 2.05) is 42.6 Å². The molecule has 11 heteroatoms. The molecular formula is C31H32N8O3. The SMILES string of the molecule is NC(=O)C1C2CC(C3ONC(c4ccccc4)=C23)C1Nc1nc(Nc2ccc(N3CCOCC3)cc2)nc2[nH]ccc12. The maximum Gasteiger partial charge on any atom is 0.231 e. The first-order valence-corrected chi connectivity index (χ1v) is 14.5. The highest BCUT2D eigenvalue weighted by atomic mass is 16.7. The second kappa shape index (κ2) is 10.0. The van der Waals surface area contributed by atoms with Crippen molar-refractivity contribution in [1.29, 1.82) is 0 Å². The predicted octanol–water partition coefficient (Wildman–Crippen LogP) is 3.38. The number of hydrogen-bond acceptors (Lipinski definition) is 9. The Kier molecular flexibility index (Phi) is 6.00. The normalized spacial score (nSPS) is 26.4. The Balaban J connectivity index is 1.07. The molecule has 214 valence electrons. The van der Waals surface area contributed by atoms with Crippen LogP contribution in [0.15, 0.2) is 72.4 Å². The lowest BCUT2D eigenvalue weighted by Gasteiger charge is -2.34. The summed E-state index contributed by atoms with van der Waals surface area (Å²) < 4.78 is 5.47. The van der Waals surface area contributed by atoms with Crippen LogP contribution in [0.4, 0.5) is 23.1 Å². The third-order valence-electron chi connectivity index (χ3n) is 9.09. The number of morpholine rings is 1. The Labute approximate surface area is 242 Å². The molecule has 2 aromatic carbocycles. The summed E-state index contributed by atoms with van der Waals surface area (Å²) >= 11 is 0. The third-order valence-corrected chi connectivity index (χ3v) is 9.09. The van der Waals surface area contributed by atoms with E-state index in [9.17, 15) is 4.79 Å². The molecule has 11 nitrogen and oxygen atoms in total. The number of ether oxygens (including phenoxy) is 1. The predicted molar refractivity (Wildman–Crippen MR) is 160 cm³/mol. The molecule has 2 aromatic heterocycles. The number of hydrogen-bond donors (Lipinski definition) is 5. The van der Waals surface area contributed by atoms with Gasteiger partial charge in [0.2, 0.25) is 11.9 Å². The minimum Gasteiger partial charge on any atom is -0.378 e. The smallest absolute Gasteiger partial charge is 0.231 e. The molecule has 6 N–H and O–H groups in total. The van der Waals surface area contributed by atoms with Crippen LogP contribution in [0, 0.1) is 17.8 Å². The van der Waals surface area contributed by atoms with E-state index in [0.29, 0.717) is 17.4 Å². The molecule has 1 saturated heterocycles. The summed E-state index contributed by atoms with van der Waals surface area (Å²) in [5.74, 6) is 0.448. The van der Waals surface area contributed by atoms with Gasteiger partial charge in [0.1, 0.15) is 17.6 Å². The van der Waals surface area contributed by atoms with Crippen molar-refractivity contribution in [3.63, 3.8) is 0 Å². The maximum atomic E-state index is 12.9. The van der Waals surface area contributed by atoms with E-state index in [0.717, 1.165) is 66.3 Å². The van der Waals surface area contributed by atoms with Gasteiger partial charge >= 0.3 is 0 Å². The lowest BCUT2D eigenvalue weighted by molar-refractivity contribution is -0.123. The van der Waals surface area contributed by atoms with Gasteiger partial charge in [0, 0.05) is 42.6 Å². The van der Waals surface area contributed by atoms with Gasteiger partial charge in [0.25, 0.3) is 0 Å². The van der Waals surface area contributed by atoms with Crippen molar-refractivity contribution in [3.8, 4) is 0 Å². The summed E-state index contributed by atoms with van der Waals surface area (Å²) in [6.45, 7) is 3.26. The van der Waals surface area contributed by atoms with Crippen molar-refractivity contribution in [2.24, 2.45) is 23.5 Å². The number of benzene rings is 2. The van der Waals surface area contributed by atoms with Crippen LogP contribution in [0.2, 0.25) is 0 Å². The summed E-state index contributed by atoms with van der Waals surface area (Å²) in [6.07, 6.45) is 2.53. The molecule has 1 amide bonds. The number of primary amides is 1. The molecule has 2 aliphatic heterocycles. The van der Waals surface area contributed by atoms with Crippen molar-refractivity contribution in [3.05, 3.63) is 78.0 Å². The number of H-pyrrole nitrogens is 1. The quantitative estimate of drug-likeness (QED) is 0.228. The number of nitrogens with one attached hydrogen (secondary N) is 4. The number of hydroxylamine groups is 1. The molecular weight excluding hydrogens is 532 g/mol. The average molecular weight is 565 g/mol. The topological polar surface area (TPSA) is 142 Å². The molecule has 4 heterocycles. The summed E-state index contributed by atoms with van der Waals surface area (Å²) in [7, 11) is 0. The largest absolute Gasteiger partial charge is 0.378 e. The number of rotatable bonds is 7. The van der Waals surface area contributed by atoms with Crippen molar-refractivity contribution in [2.45, 2.75) is 18.6 Å². The molecule has 0 radical (unpaired) electrons. The molecule has 2 saturated carbocycles. The van der Waals surface area contributed by atoms with Gasteiger partial charge in [-0.3, -0.25) is 15.1 Å². The number of aromatic amines is 1. The number of aromatic nitrogens is 3. The van der Waals surface area contributed by atoms with Crippen LogP contribution in [0.25, 0.3) is 16.7 Å². The van der Waals surface area contributed by atoms with E-state index >= 15 is 0 Å². The molecule has 3 fully saturated rings. The summed E-state index contributed by atoms with van der Waals surface area (Å²) in [5, 5.41) is 7.82. The van der Waals surface area contributed by atoms with Gasteiger partial charge in [-0.2, -0.15) is 9.97 Å². The number of carbonyl (C=O) groups excluding carboxylic acids is 1. The molecule has 5 atom stereocenters. The van der Waals surface area contributed by atoms with Gasteiger partial charge in [-0.25, -0.2) is 0 Å². The van der Waals surface area contributed by atoms with E-state index in [1.54, 1.807) is 0 Å². The van der Waals surface area contributed by atoms with Gasteiger partial charge in [0.05, 0.1) is 30.2 Å². The van der Waals surface area contributed by atoms with Crippen LogP contribution in [0.1, 0.15) is 12.0 Å². The fourth-order valence-corrected chi connectivity index (χ4v) is 7.21. The van der Waals surface area contributed by atoms with Crippen molar-refractivity contribution >= 4 is 45.8 Å². The fourth-order valence-electron chi connectivity index (χ4n) is 7.21. The van der Waals surface area contributed by atoms with Crippen LogP contribution in [-0.4, -0.2) is 59.3 Å². The van der Waals surface area contributed by atoms with E-state index < -0.39 is 5.92 Å². The second-order valence-corrected chi connectivity index (χ2v) is 11.3. The monoisotopic (exact) mass is 564 g/mol. The molecule has 4 aromatic rings. The molecule has 5 unspecified atom stereocenters. The standard InChI is InChI=1S/C31H32N8O3/c32-28(40)24-21-16-22(27-23(21)25(38-42-27)17-4-2-1-3-5-17)26(24)35-30-20-10-11-33-29(20)36-31(37-30)34-18-6-8-19(9-7-18)39-12-14-41-15-13-39/h1-11,21-22,24,26-27,38H,12-16H2,(H2,32,40)(H3,33,34,35,36,37). The molecule has 8 rings (SSSR count). The average Bonchev–Trinajstić information content (AvgIpc) is 3.80. The van der Waals surface area contributed by atoms with Crippen molar-refractivity contribution in [2.75, 3.05) is 41.8 Å². The summed E-state index contributed by atoms with van der Waals surface area (Å²) in [5.41, 5.74) is 15.1. The number of carbonyl (C=O) groups is 1. The number of amides is 1. The lowest BCUT2D eigenvalue weighted by Crippen LogP contribution is -2.47. The van der Waals surface area contributed by atoms with Crippen LogP contribution in [0.5, 0.6) is 0 Å². The Morgan fingerprint density at radius 3 is 2.62 bits per heavy atom. The van der Waals surface area contributed by atoms with Gasteiger partial charge in [-0.1, -0.05) is 30.3 Å². The third kappa shape index (κ3) is 4.15. The van der Waals surface area contributed by atoms with Gasteiger partial charge < -0.3 is 31.0 Å². The van der Waals surface area contributed by atoms with E-state index in [-0.39, 0.29) is 29.9 Å². The van der Waals surface area contributed by atoms with E-state index in [4.69, 9.17) is 25.3 Å². The Morgan fingerprint density at radius 1 is 1.02 bits per heavy atom. The Hall–Kier alpha value is -4.61. The lowest BCUT2D eigenvalue weighted by atomic mass is 9.78. The van der Waals surface area contributed by atoms with E-state index in [2.05, 4.69) is 50.3 Å². The zero-order chi connectivity index (χ0) is 28.2. The molecule has 2 bridgehead atoms. The Bertz CT molecular complexity index is 1660. The highest BCUT2D eigenvalue weighted by Crippen LogP contribution is 2.57. The minimum atomic E-state index is -0.392. The molecule has 0 spiro atoms. The zero-order valence-corrected chi connectivity index (χ0v) is 22.9. The highest BCUT2D eigenvalue weighted by Gasteiger charge is 2.61. The molecule has 2 aliphatic carbocycles. The van der Waals surface area contributed by atoms with Crippen LogP contribution in [0.3, 0.4) is 0 Å². The van der Waals surface area contributed by atoms with Crippen LogP contribution in [-0.2, 0) is 14.4 Å². The molecule has 4 aliphatic rings. The maximum absolute atomic E-state index is 12.9. The zero-order valence-electron chi connectivity index (χ0n) is 22.9. The van der Waals surface area contributed by atoms with E-state index in [1.165, 1.54) is 0 Å². The Morgan fingerprint density at radius 2 is 1.83 bits per heavy atom. The van der Waals surface area contributed by atoms with Gasteiger partial charge in [-0.05, 0) is 53.8 Å². The first-order valence-electron chi connectivity index (χ1n) is 14.5. The van der Waals surface area contributed by atoms with Crippen LogP contribution < -0.4 is 26.7 Å². The fraction of sp³-hybridized carbons (Fsp3) is 0.323. The highest BCUT2D eigenvalue weighted by molar-refractivity contribution is 5.89. The van der Waals surface area contributed by atoms with Gasteiger partial charge in [0.15, 0.2) is 0 Å². The second-order valence-electron chi connectivity index (χ2n) is 11.3. The van der Waals surface area contributed by atoms with Crippen molar-refractivity contribution in [1.82, 2.24) is 20.4 Å². The summed E-state index contributed by atoms with van der Waals surface area (Å²) in [6, 6.07) is 20.1. The first-order chi connectivity index (χ1) is 20.6.